The monoisotopic (exact) mass is 228 g/mol. The minimum atomic E-state index is 0.595. The zero-order valence-corrected chi connectivity index (χ0v) is 9.49. The molecule has 0 aliphatic rings. The maximum atomic E-state index is 8.93. The normalized spacial score (nSPS) is 9.81. The molecule has 2 rings (SSSR count). The molecule has 0 radical (unpaired) electrons. The summed E-state index contributed by atoms with van der Waals surface area (Å²) in [6, 6.07) is 11.4. The summed E-state index contributed by atoms with van der Waals surface area (Å²) in [5, 5.41) is 9.61. The summed E-state index contributed by atoms with van der Waals surface area (Å²) in [6.45, 7) is 1.82. The average molecular weight is 229 g/mol. The predicted molar refractivity (Wildman–Crippen MR) is 64.1 cm³/mol. The highest BCUT2D eigenvalue weighted by Crippen LogP contribution is 2.23. The number of hydrogen-bond acceptors (Lipinski definition) is 2. The Kier molecular flexibility index (Phi) is 2.89. The molecule has 0 atom stereocenters. The summed E-state index contributed by atoms with van der Waals surface area (Å²) >= 11 is 5.91. The molecule has 0 saturated heterocycles. The Hall–Kier alpha value is -1.85. The van der Waals surface area contributed by atoms with Crippen LogP contribution in [-0.2, 0) is 0 Å². The molecule has 0 saturated carbocycles. The first-order valence-corrected chi connectivity index (χ1v) is 5.21. The summed E-state index contributed by atoms with van der Waals surface area (Å²) in [4.78, 5) is 4.19. The van der Waals surface area contributed by atoms with E-state index in [0.29, 0.717) is 10.6 Å². The highest BCUT2D eigenvalue weighted by molar-refractivity contribution is 6.30. The standard InChI is InChI=1S/C13H9ClN2/c1-9-11(7-15)5-12(8-16-9)10-3-2-4-13(14)6-10/h2-6,8H,1H3. The summed E-state index contributed by atoms with van der Waals surface area (Å²) in [7, 11) is 0. The van der Waals surface area contributed by atoms with Crippen molar-refractivity contribution in [3.8, 4) is 17.2 Å². The van der Waals surface area contributed by atoms with E-state index in [4.69, 9.17) is 16.9 Å². The van der Waals surface area contributed by atoms with Crippen LogP contribution in [0.1, 0.15) is 11.3 Å². The lowest BCUT2D eigenvalue weighted by molar-refractivity contribution is 1.18. The molecule has 2 aromatic rings. The quantitative estimate of drug-likeness (QED) is 0.748. The van der Waals surface area contributed by atoms with Crippen LogP contribution in [0.15, 0.2) is 36.5 Å². The molecule has 0 fully saturated rings. The Morgan fingerprint density at radius 1 is 1.25 bits per heavy atom. The molecule has 78 valence electrons. The first kappa shape index (κ1) is 10.7. The second kappa shape index (κ2) is 4.34. The molecule has 1 aromatic heterocycles. The van der Waals surface area contributed by atoms with Crippen LogP contribution in [0.5, 0.6) is 0 Å². The zero-order chi connectivity index (χ0) is 11.5. The molecule has 2 nitrogen and oxygen atoms in total. The van der Waals surface area contributed by atoms with E-state index in [2.05, 4.69) is 11.1 Å². The predicted octanol–water partition coefficient (Wildman–Crippen LogP) is 3.58. The molecule has 1 heterocycles. The highest BCUT2D eigenvalue weighted by atomic mass is 35.5. The summed E-state index contributed by atoms with van der Waals surface area (Å²) in [5.74, 6) is 0. The molecule has 0 spiro atoms. The number of benzene rings is 1. The van der Waals surface area contributed by atoms with E-state index in [-0.39, 0.29) is 0 Å². The van der Waals surface area contributed by atoms with E-state index in [1.54, 1.807) is 6.20 Å². The maximum absolute atomic E-state index is 8.93. The van der Waals surface area contributed by atoms with Gasteiger partial charge in [0.15, 0.2) is 0 Å². The van der Waals surface area contributed by atoms with E-state index in [9.17, 15) is 0 Å². The third kappa shape index (κ3) is 2.05. The minimum Gasteiger partial charge on any atom is -0.260 e. The van der Waals surface area contributed by atoms with E-state index >= 15 is 0 Å². The maximum Gasteiger partial charge on any atom is 0.101 e. The average Bonchev–Trinajstić information content (AvgIpc) is 2.29. The van der Waals surface area contributed by atoms with Gasteiger partial charge in [0.25, 0.3) is 0 Å². The van der Waals surface area contributed by atoms with Gasteiger partial charge in [0.1, 0.15) is 6.07 Å². The van der Waals surface area contributed by atoms with Crippen molar-refractivity contribution >= 4 is 11.6 Å². The van der Waals surface area contributed by atoms with Crippen LogP contribution < -0.4 is 0 Å². The summed E-state index contributed by atoms with van der Waals surface area (Å²) in [5.41, 5.74) is 3.21. The Labute approximate surface area is 99.1 Å². The van der Waals surface area contributed by atoms with Crippen molar-refractivity contribution in [1.82, 2.24) is 4.98 Å². The SMILES string of the molecule is Cc1ncc(-c2cccc(Cl)c2)cc1C#N. The number of halogens is 1. The van der Waals surface area contributed by atoms with Crippen LogP contribution in [0, 0.1) is 18.3 Å². The van der Waals surface area contributed by atoms with Crippen molar-refractivity contribution in [2.24, 2.45) is 0 Å². The van der Waals surface area contributed by atoms with Crippen molar-refractivity contribution in [2.45, 2.75) is 6.92 Å². The van der Waals surface area contributed by atoms with Crippen molar-refractivity contribution in [3.05, 3.63) is 52.8 Å². The van der Waals surface area contributed by atoms with Crippen LogP contribution in [0.25, 0.3) is 11.1 Å². The highest BCUT2D eigenvalue weighted by Gasteiger charge is 2.03. The fraction of sp³-hybridized carbons (Fsp3) is 0.0769. The number of hydrogen-bond donors (Lipinski definition) is 0. The molecular weight excluding hydrogens is 220 g/mol. The van der Waals surface area contributed by atoms with Gasteiger partial charge in [-0.15, -0.1) is 0 Å². The second-order valence-electron chi connectivity index (χ2n) is 3.48. The van der Waals surface area contributed by atoms with Gasteiger partial charge in [-0.3, -0.25) is 4.98 Å². The van der Waals surface area contributed by atoms with Gasteiger partial charge >= 0.3 is 0 Å². The van der Waals surface area contributed by atoms with Crippen molar-refractivity contribution in [2.75, 3.05) is 0 Å². The summed E-state index contributed by atoms with van der Waals surface area (Å²) < 4.78 is 0. The van der Waals surface area contributed by atoms with Gasteiger partial charge in [-0.25, -0.2) is 0 Å². The molecule has 0 N–H and O–H groups in total. The molecule has 0 aliphatic heterocycles. The topological polar surface area (TPSA) is 36.7 Å². The van der Waals surface area contributed by atoms with Crippen LogP contribution in [0.4, 0.5) is 0 Å². The number of aromatic nitrogens is 1. The van der Waals surface area contributed by atoms with E-state index < -0.39 is 0 Å². The van der Waals surface area contributed by atoms with Gasteiger partial charge in [0.05, 0.1) is 11.3 Å². The van der Waals surface area contributed by atoms with Crippen molar-refractivity contribution in [1.29, 1.82) is 5.26 Å². The second-order valence-corrected chi connectivity index (χ2v) is 3.92. The lowest BCUT2D eigenvalue weighted by atomic mass is 10.1. The third-order valence-electron chi connectivity index (χ3n) is 2.37. The summed E-state index contributed by atoms with van der Waals surface area (Å²) in [6.07, 6.45) is 1.75. The molecule has 16 heavy (non-hydrogen) atoms. The molecule has 0 aliphatic carbocycles. The van der Waals surface area contributed by atoms with Gasteiger partial charge in [-0.2, -0.15) is 5.26 Å². The van der Waals surface area contributed by atoms with E-state index in [1.165, 1.54) is 0 Å². The fourth-order valence-corrected chi connectivity index (χ4v) is 1.66. The molecule has 3 heteroatoms. The zero-order valence-electron chi connectivity index (χ0n) is 8.74. The smallest absolute Gasteiger partial charge is 0.101 e. The minimum absolute atomic E-state index is 0.595. The number of aryl methyl sites for hydroxylation is 1. The number of pyridine rings is 1. The lowest BCUT2D eigenvalue weighted by Gasteiger charge is -2.03. The fourth-order valence-electron chi connectivity index (χ4n) is 1.47. The van der Waals surface area contributed by atoms with Crippen molar-refractivity contribution < 1.29 is 0 Å². The van der Waals surface area contributed by atoms with Crippen LogP contribution >= 0.6 is 11.6 Å². The largest absolute Gasteiger partial charge is 0.260 e. The van der Waals surface area contributed by atoms with E-state index in [0.717, 1.165) is 16.8 Å². The molecule has 1 aromatic carbocycles. The van der Waals surface area contributed by atoms with Gasteiger partial charge in [-0.1, -0.05) is 23.7 Å². The molecular formula is C13H9ClN2. The number of rotatable bonds is 1. The van der Waals surface area contributed by atoms with Gasteiger partial charge in [0.2, 0.25) is 0 Å². The van der Waals surface area contributed by atoms with E-state index in [1.807, 2.05) is 37.3 Å². The van der Waals surface area contributed by atoms with Crippen LogP contribution in [0.2, 0.25) is 5.02 Å². The first-order chi connectivity index (χ1) is 7.70. The van der Waals surface area contributed by atoms with Crippen LogP contribution in [0.3, 0.4) is 0 Å². The van der Waals surface area contributed by atoms with Crippen molar-refractivity contribution in [3.63, 3.8) is 0 Å². The molecule has 0 bridgehead atoms. The number of nitriles is 1. The molecule has 0 unspecified atom stereocenters. The molecule has 0 amide bonds. The van der Waals surface area contributed by atoms with Gasteiger partial charge in [-0.05, 0) is 30.7 Å². The Balaban J connectivity index is 2.54. The van der Waals surface area contributed by atoms with Gasteiger partial charge in [0, 0.05) is 16.8 Å². The lowest BCUT2D eigenvalue weighted by Crippen LogP contribution is -1.89. The van der Waals surface area contributed by atoms with Gasteiger partial charge < -0.3 is 0 Å². The third-order valence-corrected chi connectivity index (χ3v) is 2.60. The Morgan fingerprint density at radius 2 is 2.06 bits per heavy atom. The first-order valence-electron chi connectivity index (χ1n) is 4.83. The van der Waals surface area contributed by atoms with Crippen LogP contribution in [-0.4, -0.2) is 4.98 Å². The Bertz CT molecular complexity index is 570. The Morgan fingerprint density at radius 3 is 2.75 bits per heavy atom. The number of nitrogens with zero attached hydrogens (tertiary/aromatic N) is 2.